The monoisotopic (exact) mass is 928 g/mol. The molecule has 18 atom stereocenters. The first kappa shape index (κ1) is 55.2. The number of aliphatic hydroxyl groups excluding tert-OH is 1. The number of hydrogen-bond acceptors (Lipinski definition) is 17. The number of hydrogen-bond donors (Lipinski definition) is 7. The van der Waals surface area contributed by atoms with Gasteiger partial charge in [0.2, 0.25) is 0 Å². The number of rotatable bonds is 15. The van der Waals surface area contributed by atoms with E-state index in [-0.39, 0.29) is 43.9 Å². The number of carbonyl (C=O) groups excluding carboxylic acids is 1. The Labute approximate surface area is 388 Å². The molecular weight excluding hydrogens is 843 g/mol. The lowest BCUT2D eigenvalue weighted by Gasteiger charge is -2.53. The highest BCUT2D eigenvalue weighted by atomic mass is 16.7. The highest BCUT2D eigenvalue weighted by molar-refractivity contribution is 5.73. The van der Waals surface area contributed by atoms with E-state index in [1.54, 1.807) is 74.1 Å². The number of likely N-dealkylation sites (N-methyl/N-ethyl adjacent to an activating group) is 1. The molecule has 0 unspecified atom stereocenters. The van der Waals surface area contributed by atoms with Crippen LogP contribution in [0.25, 0.3) is 0 Å². The number of benzene rings is 1. The summed E-state index contributed by atoms with van der Waals surface area (Å²) in [6, 6.07) is 4.36. The molecule has 3 aliphatic rings. The van der Waals surface area contributed by atoms with Crippen LogP contribution in [-0.4, -0.2) is 164 Å². The lowest BCUT2D eigenvalue weighted by molar-refractivity contribution is -0.335. The number of cyclic esters (lactones) is 1. The standard InChI is InChI=1S/C48H85N3O14/c1-16-18-50-26-48(56)32(8)61-38(24-46(48,10)59-15)64-39-29(5)42(65-44-40(36(49-12)19-28(4)60-44)62-35-21-33(57-13)20-34(22-35)58-14)45(9,54)23-27(3)25-51-31(7)41(52)47(11,55)37(17-2)63-43(53)30(39)6/h20-22,27-32,36-42,44,49-52,54-56H,16-19,23-26H2,1-15H3/t27-,28-,29+,30-,31-,32+,36+,37-,38+,39+,40-,41-,42-,44+,45-,46-,47-,48+/m1/s1. The SMILES string of the molecule is CCCNC[C@]1(O)[C@H](C)O[C@@H](O[C@H]2[C@H](C)[C@@H](O[C@@H]3O[C@H](C)C[C@H](NC)[C@H]3Oc3cc(OC)cc(OC)c3)[C@](C)(O)C[C@@H](C)CN[C@H](C)[C@@H](O)[C@](C)(O)[C@@H](CC)OC(=O)[C@@H]2C)C[C@@]1(C)OC. The molecule has 0 saturated carbocycles. The van der Waals surface area contributed by atoms with Gasteiger partial charge in [0.25, 0.3) is 0 Å². The van der Waals surface area contributed by atoms with Gasteiger partial charge in [0.15, 0.2) is 18.7 Å². The van der Waals surface area contributed by atoms with E-state index in [2.05, 4.69) is 16.0 Å². The van der Waals surface area contributed by atoms with Crippen molar-refractivity contribution in [1.82, 2.24) is 16.0 Å². The number of nitrogens with one attached hydrogen (secondary N) is 3. The van der Waals surface area contributed by atoms with Crippen LogP contribution < -0.4 is 30.2 Å². The Morgan fingerprint density at radius 1 is 0.877 bits per heavy atom. The van der Waals surface area contributed by atoms with Gasteiger partial charge in [-0.3, -0.25) is 4.79 Å². The summed E-state index contributed by atoms with van der Waals surface area (Å²) in [7, 11) is 6.50. The second-order valence-corrected chi connectivity index (χ2v) is 19.7. The Bertz CT molecular complexity index is 1620. The fourth-order valence-corrected chi connectivity index (χ4v) is 10.1. The van der Waals surface area contributed by atoms with Crippen LogP contribution >= 0.6 is 0 Å². The normalized spacial score (nSPS) is 42.6. The van der Waals surface area contributed by atoms with Crippen molar-refractivity contribution >= 4 is 5.97 Å². The number of ether oxygens (including phenoxy) is 9. The van der Waals surface area contributed by atoms with Crippen LogP contribution in [0.4, 0.5) is 0 Å². The van der Waals surface area contributed by atoms with Crippen molar-refractivity contribution in [2.75, 3.05) is 48.0 Å². The predicted octanol–water partition coefficient (Wildman–Crippen LogP) is 3.69. The molecule has 65 heavy (non-hydrogen) atoms. The van der Waals surface area contributed by atoms with E-state index in [9.17, 15) is 25.2 Å². The first-order valence-corrected chi connectivity index (χ1v) is 23.7. The Kier molecular flexibility index (Phi) is 19.8. The fourth-order valence-electron chi connectivity index (χ4n) is 10.1. The fraction of sp³-hybridized carbons (Fsp3) is 0.854. The van der Waals surface area contributed by atoms with Gasteiger partial charge in [-0.1, -0.05) is 27.7 Å². The Morgan fingerprint density at radius 2 is 1.51 bits per heavy atom. The molecule has 376 valence electrons. The molecule has 0 amide bonds. The van der Waals surface area contributed by atoms with E-state index in [4.69, 9.17) is 42.6 Å². The van der Waals surface area contributed by atoms with E-state index < -0.39 is 95.5 Å². The smallest absolute Gasteiger partial charge is 0.311 e. The zero-order valence-electron chi connectivity index (χ0n) is 41.8. The Morgan fingerprint density at radius 3 is 2.08 bits per heavy atom. The summed E-state index contributed by atoms with van der Waals surface area (Å²) in [5, 5.41) is 58.4. The summed E-state index contributed by atoms with van der Waals surface area (Å²) in [4.78, 5) is 14.6. The van der Waals surface area contributed by atoms with Gasteiger partial charge in [-0.05, 0) is 100 Å². The molecule has 17 nitrogen and oxygen atoms in total. The summed E-state index contributed by atoms with van der Waals surface area (Å²) in [5.74, 6) is -1.25. The maximum absolute atomic E-state index is 14.6. The molecule has 3 fully saturated rings. The average molecular weight is 928 g/mol. The zero-order valence-corrected chi connectivity index (χ0v) is 41.8. The maximum Gasteiger partial charge on any atom is 0.311 e. The topological polar surface area (TPSA) is 217 Å². The summed E-state index contributed by atoms with van der Waals surface area (Å²) >= 11 is 0. The van der Waals surface area contributed by atoms with Gasteiger partial charge >= 0.3 is 5.97 Å². The number of methoxy groups -OCH3 is 3. The number of carbonyl (C=O) groups is 1. The molecule has 3 saturated heterocycles. The average Bonchev–Trinajstić information content (AvgIpc) is 3.26. The second kappa shape index (κ2) is 23.3. The van der Waals surface area contributed by atoms with Crippen molar-refractivity contribution in [2.45, 2.75) is 198 Å². The Balaban J connectivity index is 1.87. The third-order valence-electron chi connectivity index (χ3n) is 14.3. The van der Waals surface area contributed by atoms with Crippen molar-refractivity contribution in [2.24, 2.45) is 17.8 Å². The molecule has 4 rings (SSSR count). The molecule has 7 N–H and O–H groups in total. The molecule has 0 radical (unpaired) electrons. The van der Waals surface area contributed by atoms with E-state index in [0.29, 0.717) is 36.8 Å². The van der Waals surface area contributed by atoms with E-state index in [1.165, 1.54) is 6.92 Å². The van der Waals surface area contributed by atoms with Crippen molar-refractivity contribution in [3.8, 4) is 17.2 Å². The molecular formula is C48H85N3O14. The molecule has 3 aliphatic heterocycles. The Hall–Kier alpha value is -2.39. The van der Waals surface area contributed by atoms with Gasteiger partial charge in [0.05, 0.1) is 56.2 Å². The van der Waals surface area contributed by atoms with Crippen LogP contribution in [0.2, 0.25) is 0 Å². The summed E-state index contributed by atoms with van der Waals surface area (Å²) in [6.45, 7) is 21.0. The molecule has 3 heterocycles. The molecule has 17 heteroatoms. The number of esters is 1. The van der Waals surface area contributed by atoms with Crippen molar-refractivity contribution < 1.29 is 67.9 Å². The van der Waals surface area contributed by atoms with E-state index in [1.807, 2.05) is 41.7 Å². The van der Waals surface area contributed by atoms with Crippen LogP contribution in [-0.2, 0) is 33.2 Å². The van der Waals surface area contributed by atoms with Gasteiger partial charge in [0, 0.05) is 50.2 Å². The lowest BCUT2D eigenvalue weighted by Crippen LogP contribution is -2.70. The quantitative estimate of drug-likeness (QED) is 0.0986. The molecule has 0 aliphatic carbocycles. The minimum absolute atomic E-state index is 0.0805. The van der Waals surface area contributed by atoms with Crippen LogP contribution in [0.3, 0.4) is 0 Å². The van der Waals surface area contributed by atoms with Crippen molar-refractivity contribution in [3.05, 3.63) is 18.2 Å². The van der Waals surface area contributed by atoms with Crippen LogP contribution in [0.1, 0.15) is 108 Å². The largest absolute Gasteiger partial charge is 0.496 e. The zero-order chi connectivity index (χ0) is 48.7. The minimum atomic E-state index is -1.84. The van der Waals surface area contributed by atoms with Crippen molar-refractivity contribution in [1.29, 1.82) is 0 Å². The molecule has 1 aromatic carbocycles. The van der Waals surface area contributed by atoms with Gasteiger partial charge < -0.3 is 79.0 Å². The van der Waals surface area contributed by atoms with Crippen LogP contribution in [0.15, 0.2) is 18.2 Å². The molecule has 0 aromatic heterocycles. The highest BCUT2D eigenvalue weighted by Crippen LogP contribution is 2.43. The van der Waals surface area contributed by atoms with E-state index >= 15 is 0 Å². The molecule has 0 spiro atoms. The number of aliphatic hydroxyl groups is 4. The van der Waals surface area contributed by atoms with Gasteiger partial charge in [-0.2, -0.15) is 0 Å². The first-order chi connectivity index (χ1) is 30.4. The van der Waals surface area contributed by atoms with Crippen molar-refractivity contribution in [3.63, 3.8) is 0 Å². The summed E-state index contributed by atoms with van der Waals surface area (Å²) in [6.07, 6.45) is -6.55. The minimum Gasteiger partial charge on any atom is -0.496 e. The third kappa shape index (κ3) is 12.8. The second-order valence-electron chi connectivity index (χ2n) is 19.7. The maximum atomic E-state index is 14.6. The van der Waals surface area contributed by atoms with Gasteiger partial charge in [0.1, 0.15) is 46.3 Å². The predicted molar refractivity (Wildman–Crippen MR) is 245 cm³/mol. The third-order valence-corrected chi connectivity index (χ3v) is 14.3. The first-order valence-electron chi connectivity index (χ1n) is 23.7. The van der Waals surface area contributed by atoms with Gasteiger partial charge in [-0.25, -0.2) is 0 Å². The van der Waals surface area contributed by atoms with Crippen LogP contribution in [0.5, 0.6) is 17.2 Å². The molecule has 0 bridgehead atoms. The summed E-state index contributed by atoms with van der Waals surface area (Å²) in [5.41, 5.74) is -6.06. The summed E-state index contributed by atoms with van der Waals surface area (Å²) < 4.78 is 57.3. The van der Waals surface area contributed by atoms with E-state index in [0.717, 1.165) is 6.42 Å². The van der Waals surface area contributed by atoms with Gasteiger partial charge in [-0.15, -0.1) is 0 Å². The molecule has 1 aromatic rings. The lowest BCUT2D eigenvalue weighted by atomic mass is 9.75. The van der Waals surface area contributed by atoms with Crippen LogP contribution in [0, 0.1) is 17.8 Å². The highest BCUT2D eigenvalue weighted by Gasteiger charge is 2.58.